The smallest absolute Gasteiger partial charge is 0.202 e. The number of rotatable bonds is 6. The highest BCUT2D eigenvalue weighted by atomic mass is 19.2. The Kier molecular flexibility index (Phi) is 6.54. The second kappa shape index (κ2) is 9.33. The zero-order chi connectivity index (χ0) is 22.0. The molecule has 0 bridgehead atoms. The topological polar surface area (TPSA) is 9.23 Å². The van der Waals surface area contributed by atoms with Gasteiger partial charge >= 0.3 is 0 Å². The highest BCUT2D eigenvalue weighted by Gasteiger charge is 2.28. The molecule has 1 aliphatic heterocycles. The Hall–Kier alpha value is -2.49. The third-order valence-corrected chi connectivity index (χ3v) is 6.29. The van der Waals surface area contributed by atoms with E-state index in [1.54, 1.807) is 18.2 Å². The van der Waals surface area contributed by atoms with Gasteiger partial charge in [-0.3, -0.25) is 0 Å². The van der Waals surface area contributed by atoms with E-state index in [-0.39, 0.29) is 17.1 Å². The van der Waals surface area contributed by atoms with Crippen LogP contribution in [0.1, 0.15) is 74.6 Å². The molecular weight excluding hydrogens is 397 g/mol. The number of hydrogen-bond acceptors (Lipinski definition) is 1. The number of allylic oxidation sites excluding steroid dienone is 3. The normalized spacial score (nSPS) is 17.8. The quantitative estimate of drug-likeness (QED) is 0.360. The van der Waals surface area contributed by atoms with Crippen LogP contribution in [0.5, 0.6) is 11.5 Å². The van der Waals surface area contributed by atoms with Gasteiger partial charge in [-0.05, 0) is 49.7 Å². The molecule has 1 unspecified atom stereocenters. The highest BCUT2D eigenvalue weighted by molar-refractivity contribution is 5.59. The number of fused-ring (bicyclic) bond motifs is 2. The van der Waals surface area contributed by atoms with E-state index in [9.17, 15) is 13.2 Å². The van der Waals surface area contributed by atoms with Gasteiger partial charge in [0.2, 0.25) is 5.82 Å². The summed E-state index contributed by atoms with van der Waals surface area (Å²) in [5.41, 5.74) is 3.46. The molecule has 0 saturated carbocycles. The molecule has 0 fully saturated rings. The summed E-state index contributed by atoms with van der Waals surface area (Å²) in [5, 5.41) is 0. The SMILES string of the molecule is CCCC1=CCC(/C=C/c2cc3c(c(F)c2F)Oc2c(ccc(CCC)c2F)C3)CC1. The molecule has 1 aliphatic carbocycles. The van der Waals surface area contributed by atoms with Crippen LogP contribution in [0.3, 0.4) is 0 Å². The van der Waals surface area contributed by atoms with E-state index < -0.39 is 17.5 Å². The van der Waals surface area contributed by atoms with Gasteiger partial charge in [0.1, 0.15) is 0 Å². The van der Waals surface area contributed by atoms with Crippen molar-refractivity contribution in [2.45, 2.75) is 65.2 Å². The first kappa shape index (κ1) is 21.7. The van der Waals surface area contributed by atoms with Crippen molar-refractivity contribution >= 4 is 6.08 Å². The molecule has 0 saturated heterocycles. The van der Waals surface area contributed by atoms with E-state index in [1.807, 2.05) is 19.1 Å². The van der Waals surface area contributed by atoms with Crippen LogP contribution in [0.15, 0.2) is 35.9 Å². The number of ether oxygens (including phenoxy) is 1. The third-order valence-electron chi connectivity index (χ3n) is 6.29. The Balaban J connectivity index is 1.58. The maximum absolute atomic E-state index is 14.9. The average Bonchev–Trinajstić information content (AvgIpc) is 2.78. The highest BCUT2D eigenvalue weighted by Crippen LogP contribution is 2.42. The van der Waals surface area contributed by atoms with Crippen molar-refractivity contribution in [1.82, 2.24) is 0 Å². The maximum atomic E-state index is 14.9. The Morgan fingerprint density at radius 1 is 0.968 bits per heavy atom. The van der Waals surface area contributed by atoms with E-state index in [0.717, 1.165) is 38.5 Å². The number of hydrogen-bond donors (Lipinski definition) is 0. The summed E-state index contributed by atoms with van der Waals surface area (Å²) in [4.78, 5) is 0. The largest absolute Gasteiger partial charge is 0.450 e. The molecule has 2 aromatic carbocycles. The van der Waals surface area contributed by atoms with Crippen LogP contribution in [0.25, 0.3) is 6.08 Å². The predicted molar refractivity (Wildman–Crippen MR) is 119 cm³/mol. The molecular formula is C27H29F3O. The Labute approximate surface area is 182 Å². The lowest BCUT2D eigenvalue weighted by molar-refractivity contribution is 0.379. The van der Waals surface area contributed by atoms with Crippen molar-refractivity contribution in [2.75, 3.05) is 0 Å². The van der Waals surface area contributed by atoms with Gasteiger partial charge in [-0.15, -0.1) is 0 Å². The third kappa shape index (κ3) is 4.44. The number of benzene rings is 2. The van der Waals surface area contributed by atoms with Crippen LogP contribution in [0, 0.1) is 23.4 Å². The summed E-state index contributed by atoms with van der Waals surface area (Å²) >= 11 is 0. The van der Waals surface area contributed by atoms with Gasteiger partial charge in [0.15, 0.2) is 23.1 Å². The molecule has 2 aromatic rings. The summed E-state index contributed by atoms with van der Waals surface area (Å²) in [5.74, 6) is -2.29. The standard InChI is InChI=1S/C27H29F3O/c1-3-5-17-7-9-18(10-8-17)11-12-20-15-22-16-21-14-13-19(6-4-2)24(29)26(21)31-27(22)25(30)23(20)28/h7,11-15,18H,3-6,8-10,16H2,1-2H3/b12-11+. The summed E-state index contributed by atoms with van der Waals surface area (Å²) < 4.78 is 50.0. The molecule has 1 nitrogen and oxygen atoms in total. The van der Waals surface area contributed by atoms with Crippen LogP contribution < -0.4 is 4.74 Å². The van der Waals surface area contributed by atoms with E-state index in [2.05, 4.69) is 13.0 Å². The lowest BCUT2D eigenvalue weighted by Gasteiger charge is -2.23. The fraction of sp³-hybridized carbons (Fsp3) is 0.407. The minimum absolute atomic E-state index is 0.0249. The Morgan fingerprint density at radius 2 is 1.74 bits per heavy atom. The molecule has 1 heterocycles. The van der Waals surface area contributed by atoms with E-state index in [4.69, 9.17) is 4.74 Å². The van der Waals surface area contributed by atoms with Crippen molar-refractivity contribution in [3.05, 3.63) is 75.6 Å². The fourth-order valence-corrected chi connectivity index (χ4v) is 4.57. The minimum Gasteiger partial charge on any atom is -0.450 e. The summed E-state index contributed by atoms with van der Waals surface area (Å²) in [7, 11) is 0. The first-order valence-corrected chi connectivity index (χ1v) is 11.4. The first-order valence-electron chi connectivity index (χ1n) is 11.4. The number of halogens is 3. The van der Waals surface area contributed by atoms with Gasteiger partial charge in [-0.25, -0.2) is 8.78 Å². The molecule has 31 heavy (non-hydrogen) atoms. The van der Waals surface area contributed by atoms with Gasteiger partial charge in [0.05, 0.1) is 0 Å². The summed E-state index contributed by atoms with van der Waals surface area (Å²) in [6.45, 7) is 4.15. The lowest BCUT2D eigenvalue weighted by Crippen LogP contribution is -2.10. The van der Waals surface area contributed by atoms with Crippen LogP contribution in [-0.4, -0.2) is 0 Å². The van der Waals surface area contributed by atoms with Crippen LogP contribution in [-0.2, 0) is 12.8 Å². The van der Waals surface area contributed by atoms with Crippen LogP contribution in [0.4, 0.5) is 13.2 Å². The van der Waals surface area contributed by atoms with E-state index in [1.165, 1.54) is 5.57 Å². The molecule has 0 aromatic heterocycles. The van der Waals surface area contributed by atoms with Gasteiger partial charge in [0.25, 0.3) is 0 Å². The second-order valence-electron chi connectivity index (χ2n) is 8.64. The molecule has 0 N–H and O–H groups in total. The van der Waals surface area contributed by atoms with Crippen molar-refractivity contribution in [1.29, 1.82) is 0 Å². The zero-order valence-corrected chi connectivity index (χ0v) is 18.2. The van der Waals surface area contributed by atoms with Gasteiger partial charge in [-0.2, -0.15) is 4.39 Å². The maximum Gasteiger partial charge on any atom is 0.202 e. The molecule has 164 valence electrons. The minimum atomic E-state index is -1.04. The summed E-state index contributed by atoms with van der Waals surface area (Å²) in [6.07, 6.45) is 13.0. The van der Waals surface area contributed by atoms with E-state index >= 15 is 0 Å². The average molecular weight is 427 g/mol. The second-order valence-corrected chi connectivity index (χ2v) is 8.64. The van der Waals surface area contributed by atoms with Gasteiger partial charge in [0, 0.05) is 23.1 Å². The Bertz CT molecular complexity index is 1040. The molecule has 4 rings (SSSR count). The van der Waals surface area contributed by atoms with E-state index in [0.29, 0.717) is 35.4 Å². The molecule has 4 heteroatoms. The zero-order valence-electron chi connectivity index (χ0n) is 18.2. The van der Waals surface area contributed by atoms with Crippen molar-refractivity contribution < 1.29 is 17.9 Å². The first-order chi connectivity index (χ1) is 15.0. The van der Waals surface area contributed by atoms with Crippen LogP contribution >= 0.6 is 0 Å². The molecule has 0 radical (unpaired) electrons. The van der Waals surface area contributed by atoms with Crippen molar-refractivity contribution in [2.24, 2.45) is 5.92 Å². The Morgan fingerprint density at radius 3 is 2.45 bits per heavy atom. The molecule has 0 amide bonds. The fourth-order valence-electron chi connectivity index (χ4n) is 4.57. The summed E-state index contributed by atoms with van der Waals surface area (Å²) in [6, 6.07) is 5.22. The van der Waals surface area contributed by atoms with Crippen LogP contribution in [0.2, 0.25) is 0 Å². The molecule has 2 aliphatic rings. The monoisotopic (exact) mass is 426 g/mol. The van der Waals surface area contributed by atoms with Crippen molar-refractivity contribution in [3.63, 3.8) is 0 Å². The molecule has 0 spiro atoms. The van der Waals surface area contributed by atoms with Gasteiger partial charge in [-0.1, -0.05) is 62.6 Å². The van der Waals surface area contributed by atoms with Crippen molar-refractivity contribution in [3.8, 4) is 11.5 Å². The predicted octanol–water partition coefficient (Wildman–Crippen LogP) is 8.29. The number of aryl methyl sites for hydroxylation is 1. The lowest BCUT2D eigenvalue weighted by atomic mass is 9.87. The molecule has 1 atom stereocenters. The van der Waals surface area contributed by atoms with Gasteiger partial charge < -0.3 is 4.74 Å².